The molecule has 32 heavy (non-hydrogen) atoms. The Labute approximate surface area is 189 Å². The number of nitrogens with one attached hydrogen (secondary N) is 3. The minimum atomic E-state index is -0.167. The highest BCUT2D eigenvalue weighted by atomic mass is 32.2. The van der Waals surface area contributed by atoms with Gasteiger partial charge in [-0.05, 0) is 43.3 Å². The van der Waals surface area contributed by atoms with Gasteiger partial charge in [-0.15, -0.1) is 5.10 Å². The second kappa shape index (κ2) is 11.0. The molecule has 0 spiro atoms. The van der Waals surface area contributed by atoms with Crippen molar-refractivity contribution in [1.82, 2.24) is 15.2 Å². The van der Waals surface area contributed by atoms with Crippen molar-refractivity contribution in [3.05, 3.63) is 48.0 Å². The number of hydrazone groups is 1. The first-order valence-electron chi connectivity index (χ1n) is 9.54. The SMILES string of the molecule is COc1ccc(NC(=O)CSc2n[nH]c(N/N=C(\C)c3ccc(OC)cc3OC)n2)cc1. The Balaban J connectivity index is 1.53. The second-order valence-corrected chi connectivity index (χ2v) is 7.35. The molecule has 0 bridgehead atoms. The third-order valence-corrected chi connectivity index (χ3v) is 5.15. The van der Waals surface area contributed by atoms with Gasteiger partial charge in [0, 0.05) is 17.3 Å². The van der Waals surface area contributed by atoms with E-state index in [1.165, 1.54) is 11.8 Å². The Morgan fingerprint density at radius 3 is 2.47 bits per heavy atom. The van der Waals surface area contributed by atoms with Crippen molar-refractivity contribution in [3.63, 3.8) is 0 Å². The maximum atomic E-state index is 12.1. The number of nitrogens with zero attached hydrogens (tertiary/aromatic N) is 3. The zero-order chi connectivity index (χ0) is 22.9. The topological polar surface area (TPSA) is 123 Å². The van der Waals surface area contributed by atoms with E-state index in [1.807, 2.05) is 19.1 Å². The monoisotopic (exact) mass is 456 g/mol. The smallest absolute Gasteiger partial charge is 0.240 e. The molecule has 3 aromatic rings. The summed E-state index contributed by atoms with van der Waals surface area (Å²) in [6, 6.07) is 12.6. The molecule has 0 aliphatic heterocycles. The Hall–Kier alpha value is -3.73. The molecular weight excluding hydrogens is 432 g/mol. The largest absolute Gasteiger partial charge is 0.497 e. The molecular formula is C21H24N6O4S. The van der Waals surface area contributed by atoms with Gasteiger partial charge in [-0.1, -0.05) is 11.8 Å². The molecule has 1 heterocycles. The molecule has 3 N–H and O–H groups in total. The fourth-order valence-corrected chi connectivity index (χ4v) is 3.26. The molecule has 0 saturated heterocycles. The molecule has 1 amide bonds. The Kier molecular flexibility index (Phi) is 7.92. The number of carbonyl (C=O) groups excluding carboxylic acids is 1. The first kappa shape index (κ1) is 22.9. The number of hydrogen-bond donors (Lipinski definition) is 3. The summed E-state index contributed by atoms with van der Waals surface area (Å²) in [6.45, 7) is 1.84. The standard InChI is InChI=1S/C21H24N6O4S/c1-13(17-10-9-16(30-3)11-18(17)31-4)24-25-20-23-21(27-26-20)32-12-19(28)22-14-5-7-15(29-2)8-6-14/h5-11H,12H2,1-4H3,(H,22,28)(H2,23,25,26,27)/b24-13+. The number of H-pyrrole nitrogens is 1. The Bertz CT molecular complexity index is 1080. The van der Waals surface area contributed by atoms with Crippen molar-refractivity contribution in [1.29, 1.82) is 0 Å². The third-order valence-electron chi connectivity index (χ3n) is 4.30. The highest BCUT2D eigenvalue weighted by Crippen LogP contribution is 2.25. The van der Waals surface area contributed by atoms with E-state index in [0.717, 1.165) is 11.3 Å². The van der Waals surface area contributed by atoms with E-state index in [9.17, 15) is 4.79 Å². The molecule has 11 heteroatoms. The van der Waals surface area contributed by atoms with Crippen LogP contribution >= 0.6 is 11.8 Å². The number of carbonyl (C=O) groups is 1. The van der Waals surface area contributed by atoms with E-state index in [0.29, 0.717) is 34.0 Å². The maximum absolute atomic E-state index is 12.1. The average Bonchev–Trinajstić information content (AvgIpc) is 3.29. The first-order chi connectivity index (χ1) is 15.5. The normalized spacial score (nSPS) is 11.1. The van der Waals surface area contributed by atoms with Gasteiger partial charge in [-0.25, -0.2) is 10.5 Å². The van der Waals surface area contributed by atoms with Crippen molar-refractivity contribution in [2.24, 2.45) is 5.10 Å². The summed E-state index contributed by atoms with van der Waals surface area (Å²) in [5.41, 5.74) is 5.01. The van der Waals surface area contributed by atoms with Gasteiger partial charge in [0.15, 0.2) is 0 Å². The number of anilines is 2. The molecule has 0 fully saturated rings. The highest BCUT2D eigenvalue weighted by Gasteiger charge is 2.10. The van der Waals surface area contributed by atoms with E-state index in [2.05, 4.69) is 31.0 Å². The molecule has 0 aliphatic rings. The lowest BCUT2D eigenvalue weighted by atomic mass is 10.1. The molecule has 0 atom stereocenters. The van der Waals surface area contributed by atoms with E-state index in [1.54, 1.807) is 51.7 Å². The second-order valence-electron chi connectivity index (χ2n) is 6.41. The number of thioether (sulfide) groups is 1. The quantitative estimate of drug-likeness (QED) is 0.241. The summed E-state index contributed by atoms with van der Waals surface area (Å²) in [5, 5.41) is 14.4. The molecule has 0 aliphatic carbocycles. The van der Waals surface area contributed by atoms with Crippen LogP contribution in [-0.2, 0) is 4.79 Å². The van der Waals surface area contributed by atoms with Gasteiger partial charge in [0.25, 0.3) is 0 Å². The average molecular weight is 457 g/mol. The number of benzene rings is 2. The van der Waals surface area contributed by atoms with Crippen molar-refractivity contribution in [3.8, 4) is 17.2 Å². The van der Waals surface area contributed by atoms with Crippen molar-refractivity contribution < 1.29 is 19.0 Å². The Morgan fingerprint density at radius 2 is 1.78 bits per heavy atom. The van der Waals surface area contributed by atoms with Gasteiger partial charge in [0.1, 0.15) is 17.2 Å². The van der Waals surface area contributed by atoms with E-state index in [-0.39, 0.29) is 11.7 Å². The van der Waals surface area contributed by atoms with Gasteiger partial charge < -0.3 is 19.5 Å². The van der Waals surface area contributed by atoms with Crippen LogP contribution in [0.1, 0.15) is 12.5 Å². The summed E-state index contributed by atoms with van der Waals surface area (Å²) < 4.78 is 15.7. The zero-order valence-electron chi connectivity index (χ0n) is 18.1. The molecule has 168 valence electrons. The van der Waals surface area contributed by atoms with Gasteiger partial charge in [-0.3, -0.25) is 4.79 Å². The lowest BCUT2D eigenvalue weighted by molar-refractivity contribution is -0.113. The predicted octanol–water partition coefficient (Wildman–Crippen LogP) is 3.40. The molecule has 10 nitrogen and oxygen atoms in total. The number of aromatic amines is 1. The minimum Gasteiger partial charge on any atom is -0.497 e. The predicted molar refractivity (Wildman–Crippen MR) is 124 cm³/mol. The first-order valence-corrected chi connectivity index (χ1v) is 10.5. The summed E-state index contributed by atoms with van der Waals surface area (Å²) in [7, 11) is 4.77. The number of methoxy groups -OCH3 is 3. The lowest BCUT2D eigenvalue weighted by Gasteiger charge is -2.10. The van der Waals surface area contributed by atoms with E-state index >= 15 is 0 Å². The van der Waals surface area contributed by atoms with Crippen LogP contribution in [0.5, 0.6) is 17.2 Å². The summed E-state index contributed by atoms with van der Waals surface area (Å²) >= 11 is 1.20. The molecule has 2 aromatic carbocycles. The van der Waals surface area contributed by atoms with Gasteiger partial charge in [0.2, 0.25) is 17.0 Å². The van der Waals surface area contributed by atoms with E-state index < -0.39 is 0 Å². The van der Waals surface area contributed by atoms with Gasteiger partial charge in [-0.2, -0.15) is 10.1 Å². The molecule has 1 aromatic heterocycles. The zero-order valence-corrected chi connectivity index (χ0v) is 18.9. The van der Waals surface area contributed by atoms with Crippen molar-refractivity contribution >= 4 is 35.0 Å². The molecule has 0 saturated carbocycles. The van der Waals surface area contributed by atoms with Crippen molar-refractivity contribution in [2.75, 3.05) is 37.8 Å². The number of aromatic nitrogens is 3. The molecule has 0 unspecified atom stereocenters. The van der Waals surface area contributed by atoms with Crippen LogP contribution in [0.2, 0.25) is 0 Å². The Morgan fingerprint density at radius 1 is 1.06 bits per heavy atom. The van der Waals surface area contributed by atoms with Crippen LogP contribution in [-0.4, -0.2) is 53.9 Å². The van der Waals surface area contributed by atoms with Crippen LogP contribution in [0.4, 0.5) is 11.6 Å². The van der Waals surface area contributed by atoms with Crippen molar-refractivity contribution in [2.45, 2.75) is 12.1 Å². The minimum absolute atomic E-state index is 0.161. The number of rotatable bonds is 10. The van der Waals surface area contributed by atoms with Crippen LogP contribution in [0.3, 0.4) is 0 Å². The fourth-order valence-electron chi connectivity index (χ4n) is 2.66. The number of ether oxygens (including phenoxy) is 3. The molecule has 0 radical (unpaired) electrons. The van der Waals surface area contributed by atoms with E-state index in [4.69, 9.17) is 14.2 Å². The summed E-state index contributed by atoms with van der Waals surface area (Å²) in [4.78, 5) is 16.4. The molecule has 3 rings (SSSR count). The highest BCUT2D eigenvalue weighted by molar-refractivity contribution is 7.99. The lowest BCUT2D eigenvalue weighted by Crippen LogP contribution is -2.14. The summed E-state index contributed by atoms with van der Waals surface area (Å²) in [5.74, 6) is 2.41. The maximum Gasteiger partial charge on any atom is 0.240 e. The number of amides is 1. The van der Waals surface area contributed by atoms with Gasteiger partial charge >= 0.3 is 0 Å². The van der Waals surface area contributed by atoms with Gasteiger partial charge in [0.05, 0.1) is 32.8 Å². The number of hydrogen-bond acceptors (Lipinski definition) is 9. The van der Waals surface area contributed by atoms with Crippen LogP contribution < -0.4 is 25.0 Å². The third kappa shape index (κ3) is 6.14. The van der Waals surface area contributed by atoms with Crippen LogP contribution in [0.15, 0.2) is 52.7 Å². The van der Waals surface area contributed by atoms with Crippen LogP contribution in [0.25, 0.3) is 0 Å². The fraction of sp³-hybridized carbons (Fsp3) is 0.238. The van der Waals surface area contributed by atoms with Crippen LogP contribution in [0, 0.1) is 0 Å². The summed E-state index contributed by atoms with van der Waals surface area (Å²) in [6.07, 6.45) is 0.